The quantitative estimate of drug-likeness (QED) is 0.709. The van der Waals surface area contributed by atoms with Crippen LogP contribution in [0.2, 0.25) is 0 Å². The molecular weight excluding hydrogens is 200 g/mol. The van der Waals surface area contributed by atoms with Gasteiger partial charge >= 0.3 is 0 Å². The fourth-order valence-corrected chi connectivity index (χ4v) is 1.94. The van der Waals surface area contributed by atoms with Crippen molar-refractivity contribution in [2.45, 2.75) is 0 Å². The smallest absolute Gasteiger partial charge is 0.276 e. The van der Waals surface area contributed by atoms with Crippen molar-refractivity contribution in [3.8, 4) is 0 Å². The van der Waals surface area contributed by atoms with E-state index in [4.69, 9.17) is 0 Å². The number of carbonyl (C=O) groups excluding carboxylic acids is 1. The van der Waals surface area contributed by atoms with Gasteiger partial charge in [-0.15, -0.1) is 6.58 Å². The van der Waals surface area contributed by atoms with Crippen LogP contribution in [0.3, 0.4) is 0 Å². The molecular formula is C10H10O3S. The van der Waals surface area contributed by atoms with Crippen molar-refractivity contribution in [2.75, 3.05) is 5.75 Å². The molecule has 0 aromatic heterocycles. The third-order valence-electron chi connectivity index (χ3n) is 1.63. The van der Waals surface area contributed by atoms with Crippen molar-refractivity contribution in [3.05, 3.63) is 48.6 Å². The van der Waals surface area contributed by atoms with Crippen molar-refractivity contribution in [1.29, 1.82) is 0 Å². The van der Waals surface area contributed by atoms with Gasteiger partial charge < -0.3 is 0 Å². The second-order valence-corrected chi connectivity index (χ2v) is 4.66. The Kier molecular flexibility index (Phi) is 3.19. The molecule has 74 valence electrons. The van der Waals surface area contributed by atoms with E-state index >= 15 is 0 Å². The van der Waals surface area contributed by atoms with Crippen LogP contribution in [0.25, 0.3) is 0 Å². The first-order valence-corrected chi connectivity index (χ1v) is 5.66. The van der Waals surface area contributed by atoms with Gasteiger partial charge in [-0.1, -0.05) is 36.4 Å². The molecule has 1 rings (SSSR count). The van der Waals surface area contributed by atoms with Crippen molar-refractivity contribution < 1.29 is 13.2 Å². The van der Waals surface area contributed by atoms with Gasteiger partial charge in [0.1, 0.15) is 0 Å². The van der Waals surface area contributed by atoms with Gasteiger partial charge in [-0.2, -0.15) is 0 Å². The summed E-state index contributed by atoms with van der Waals surface area (Å²) in [4.78, 5) is 11.4. The van der Waals surface area contributed by atoms with Crippen LogP contribution in [0.15, 0.2) is 43.0 Å². The number of benzene rings is 1. The van der Waals surface area contributed by atoms with Gasteiger partial charge in [0.25, 0.3) is 5.12 Å². The van der Waals surface area contributed by atoms with Crippen LogP contribution >= 0.6 is 0 Å². The highest BCUT2D eigenvalue weighted by Gasteiger charge is 2.21. The molecule has 1 aromatic carbocycles. The lowest BCUT2D eigenvalue weighted by Gasteiger charge is -1.99. The van der Waals surface area contributed by atoms with E-state index in [1.165, 1.54) is 18.2 Å². The number of hydrogen-bond donors (Lipinski definition) is 0. The second kappa shape index (κ2) is 4.19. The highest BCUT2D eigenvalue weighted by Crippen LogP contribution is 2.06. The molecule has 0 N–H and O–H groups in total. The maximum absolute atomic E-state index is 11.4. The molecule has 0 aliphatic carbocycles. The van der Waals surface area contributed by atoms with Gasteiger partial charge in [-0.25, -0.2) is 8.42 Å². The van der Waals surface area contributed by atoms with Crippen LogP contribution in [0.5, 0.6) is 0 Å². The minimum Gasteiger partial charge on any atom is -0.276 e. The topological polar surface area (TPSA) is 51.2 Å². The van der Waals surface area contributed by atoms with Gasteiger partial charge in [0.2, 0.25) is 9.84 Å². The monoisotopic (exact) mass is 210 g/mol. The van der Waals surface area contributed by atoms with Crippen molar-refractivity contribution in [2.24, 2.45) is 0 Å². The molecule has 0 unspecified atom stereocenters. The Bertz CT molecular complexity index is 432. The summed E-state index contributed by atoms with van der Waals surface area (Å²) in [7, 11) is -3.72. The standard InChI is InChI=1S/C10H10O3S/c1-2-8-14(12,13)10(11)9-6-4-3-5-7-9/h2-7H,1,8H2. The lowest BCUT2D eigenvalue weighted by Crippen LogP contribution is -2.17. The Labute approximate surface area is 83.0 Å². The zero-order chi connectivity index (χ0) is 10.6. The van der Waals surface area contributed by atoms with Crippen molar-refractivity contribution >= 4 is 15.0 Å². The van der Waals surface area contributed by atoms with E-state index in [0.29, 0.717) is 0 Å². The predicted molar refractivity (Wildman–Crippen MR) is 54.8 cm³/mol. The molecule has 0 aliphatic rings. The van der Waals surface area contributed by atoms with Crippen LogP contribution in [0.1, 0.15) is 10.4 Å². The Morgan fingerprint density at radius 3 is 2.36 bits per heavy atom. The molecule has 0 saturated carbocycles. The normalized spacial score (nSPS) is 10.9. The highest BCUT2D eigenvalue weighted by molar-refractivity contribution is 8.06. The molecule has 14 heavy (non-hydrogen) atoms. The average molecular weight is 210 g/mol. The summed E-state index contributed by atoms with van der Waals surface area (Å²) in [5, 5.41) is -0.849. The molecule has 0 radical (unpaired) electrons. The molecule has 4 heteroatoms. The lowest BCUT2D eigenvalue weighted by molar-refractivity contribution is 0.107. The lowest BCUT2D eigenvalue weighted by atomic mass is 10.2. The highest BCUT2D eigenvalue weighted by atomic mass is 32.2. The van der Waals surface area contributed by atoms with Crippen LogP contribution in [0.4, 0.5) is 0 Å². The Balaban J connectivity index is 3.03. The first-order chi connectivity index (χ1) is 6.58. The second-order valence-electron chi connectivity index (χ2n) is 2.72. The Hall–Kier alpha value is -1.42. The minimum absolute atomic E-state index is 0.189. The fourth-order valence-electron chi connectivity index (χ4n) is 0.985. The molecule has 0 bridgehead atoms. The zero-order valence-electron chi connectivity index (χ0n) is 7.51. The van der Waals surface area contributed by atoms with Crippen LogP contribution in [0, 0.1) is 0 Å². The van der Waals surface area contributed by atoms with Crippen LogP contribution in [-0.4, -0.2) is 19.3 Å². The first kappa shape index (κ1) is 10.7. The summed E-state index contributed by atoms with van der Waals surface area (Å²) in [6.07, 6.45) is 1.20. The maximum Gasteiger partial charge on any atom is 0.276 e. The molecule has 0 fully saturated rings. The molecule has 1 aromatic rings. The van der Waals surface area contributed by atoms with E-state index < -0.39 is 15.0 Å². The summed E-state index contributed by atoms with van der Waals surface area (Å²) in [5.41, 5.74) is 0.189. The molecule has 0 saturated heterocycles. The van der Waals surface area contributed by atoms with E-state index in [1.807, 2.05) is 0 Å². The molecule has 0 aliphatic heterocycles. The summed E-state index contributed by atoms with van der Waals surface area (Å²) < 4.78 is 22.6. The van der Waals surface area contributed by atoms with E-state index in [-0.39, 0.29) is 11.3 Å². The van der Waals surface area contributed by atoms with E-state index in [9.17, 15) is 13.2 Å². The zero-order valence-corrected chi connectivity index (χ0v) is 8.33. The SMILES string of the molecule is C=CCS(=O)(=O)C(=O)c1ccccc1. The van der Waals surface area contributed by atoms with Crippen LogP contribution < -0.4 is 0 Å². The minimum atomic E-state index is -3.72. The van der Waals surface area contributed by atoms with Crippen LogP contribution in [-0.2, 0) is 9.84 Å². The van der Waals surface area contributed by atoms with Gasteiger partial charge in [0.05, 0.1) is 5.75 Å². The molecule has 0 amide bonds. The maximum atomic E-state index is 11.4. The van der Waals surface area contributed by atoms with Gasteiger partial charge in [-0.3, -0.25) is 4.79 Å². The van der Waals surface area contributed by atoms with E-state index in [2.05, 4.69) is 6.58 Å². The molecule has 3 nitrogen and oxygen atoms in total. The number of carbonyl (C=O) groups is 1. The summed E-state index contributed by atoms with van der Waals surface area (Å²) in [6.45, 7) is 3.29. The van der Waals surface area contributed by atoms with E-state index in [1.54, 1.807) is 18.2 Å². The Morgan fingerprint density at radius 1 is 1.29 bits per heavy atom. The molecule has 0 heterocycles. The predicted octanol–water partition coefficient (Wildman–Crippen LogP) is 1.43. The average Bonchev–Trinajstić information content (AvgIpc) is 2.18. The van der Waals surface area contributed by atoms with E-state index in [0.717, 1.165) is 0 Å². The number of rotatable bonds is 3. The van der Waals surface area contributed by atoms with Crippen molar-refractivity contribution in [1.82, 2.24) is 0 Å². The Morgan fingerprint density at radius 2 is 1.86 bits per heavy atom. The number of hydrogen-bond acceptors (Lipinski definition) is 3. The summed E-state index contributed by atoms with van der Waals surface area (Å²) in [5.74, 6) is -0.319. The van der Waals surface area contributed by atoms with Crippen molar-refractivity contribution in [3.63, 3.8) is 0 Å². The van der Waals surface area contributed by atoms with Gasteiger partial charge in [0.15, 0.2) is 0 Å². The summed E-state index contributed by atoms with van der Waals surface area (Å²) >= 11 is 0. The van der Waals surface area contributed by atoms with Gasteiger partial charge in [-0.05, 0) is 0 Å². The summed E-state index contributed by atoms with van der Waals surface area (Å²) in [6, 6.07) is 7.91. The molecule has 0 atom stereocenters. The largest absolute Gasteiger partial charge is 0.276 e. The fraction of sp³-hybridized carbons (Fsp3) is 0.100. The molecule has 0 spiro atoms. The number of sulfone groups is 1. The third kappa shape index (κ3) is 2.29. The van der Waals surface area contributed by atoms with Gasteiger partial charge in [0, 0.05) is 5.56 Å². The first-order valence-electron chi connectivity index (χ1n) is 4.01. The third-order valence-corrected chi connectivity index (χ3v) is 3.10.